The highest BCUT2D eigenvalue weighted by Gasteiger charge is 2.04. The second-order valence-corrected chi connectivity index (χ2v) is 2.50. The summed E-state index contributed by atoms with van der Waals surface area (Å²) in [5, 5.41) is 20.4. The Hall–Kier alpha value is -1.98. The van der Waals surface area contributed by atoms with E-state index in [0.717, 1.165) is 0 Å². The van der Waals surface area contributed by atoms with Gasteiger partial charge in [0.05, 0.1) is 13.2 Å². The molecule has 0 atom stereocenters. The summed E-state index contributed by atoms with van der Waals surface area (Å²) in [4.78, 5) is 5.28. The molecule has 0 radical (unpaired) electrons. The van der Waals surface area contributed by atoms with Crippen molar-refractivity contribution in [3.05, 3.63) is 18.3 Å². The van der Waals surface area contributed by atoms with E-state index >= 15 is 0 Å². The van der Waals surface area contributed by atoms with Gasteiger partial charge in [-0.2, -0.15) is 4.80 Å². The summed E-state index contributed by atoms with van der Waals surface area (Å²) in [5.41, 5.74) is 0.589. The van der Waals surface area contributed by atoms with E-state index in [9.17, 15) is 0 Å². The summed E-state index contributed by atoms with van der Waals surface area (Å²) in [6.45, 7) is 0. The fourth-order valence-electron chi connectivity index (χ4n) is 0.905. The van der Waals surface area contributed by atoms with Crippen LogP contribution >= 0.6 is 0 Å². The van der Waals surface area contributed by atoms with Crippen LogP contribution in [0.2, 0.25) is 0 Å². The van der Waals surface area contributed by atoms with Crippen LogP contribution in [0.1, 0.15) is 0 Å². The molecule has 0 saturated carbocycles. The number of tetrazole rings is 1. The summed E-state index contributed by atoms with van der Waals surface area (Å²) < 4.78 is 0. The number of aryl methyl sites for hydroxylation is 1. The quantitative estimate of drug-likeness (QED) is 0.662. The molecule has 2 aromatic rings. The summed E-state index contributed by atoms with van der Waals surface area (Å²) in [6, 6.07) is 3.16. The van der Waals surface area contributed by atoms with Gasteiger partial charge in [0.1, 0.15) is 11.4 Å². The van der Waals surface area contributed by atoms with Crippen molar-refractivity contribution in [3.63, 3.8) is 0 Å². The molecule has 0 aliphatic rings. The van der Waals surface area contributed by atoms with Crippen LogP contribution < -0.4 is 0 Å². The molecule has 2 aromatic heterocycles. The van der Waals surface area contributed by atoms with Crippen LogP contribution in [0.15, 0.2) is 18.3 Å². The van der Waals surface area contributed by atoms with Crippen molar-refractivity contribution in [2.24, 2.45) is 7.05 Å². The molecule has 1 N–H and O–H groups in total. The first-order valence-corrected chi connectivity index (χ1v) is 3.65. The van der Waals surface area contributed by atoms with Crippen molar-refractivity contribution >= 4 is 0 Å². The van der Waals surface area contributed by atoms with Crippen LogP contribution in [-0.2, 0) is 7.05 Å². The second kappa shape index (κ2) is 2.81. The van der Waals surface area contributed by atoms with Gasteiger partial charge in [0, 0.05) is 0 Å². The maximum absolute atomic E-state index is 8.98. The van der Waals surface area contributed by atoms with Gasteiger partial charge in [-0.3, -0.25) is 0 Å². The fraction of sp³-hybridized carbons (Fsp3) is 0.143. The van der Waals surface area contributed by atoms with Crippen LogP contribution in [0, 0.1) is 0 Å². The molecule has 2 heterocycles. The molecule has 0 amide bonds. The summed E-state index contributed by atoms with van der Waals surface area (Å²) in [5.74, 6) is 0.565. The minimum Gasteiger partial charge on any atom is -0.506 e. The van der Waals surface area contributed by atoms with Crippen molar-refractivity contribution in [1.82, 2.24) is 25.2 Å². The zero-order chi connectivity index (χ0) is 9.26. The molecule has 0 spiro atoms. The predicted octanol–water partition coefficient (Wildman–Crippen LogP) is -0.0223. The maximum Gasteiger partial charge on any atom is 0.223 e. The Morgan fingerprint density at radius 1 is 1.38 bits per heavy atom. The molecule has 0 aromatic carbocycles. The molecule has 66 valence electrons. The van der Waals surface area contributed by atoms with Crippen LogP contribution in [0.25, 0.3) is 11.5 Å². The van der Waals surface area contributed by atoms with Crippen LogP contribution in [-0.4, -0.2) is 30.3 Å². The topological polar surface area (TPSA) is 76.7 Å². The summed E-state index contributed by atoms with van der Waals surface area (Å²) in [6.07, 6.45) is 1.34. The maximum atomic E-state index is 8.98. The average molecular weight is 177 g/mol. The van der Waals surface area contributed by atoms with Crippen LogP contribution in [0.3, 0.4) is 0 Å². The monoisotopic (exact) mass is 177 g/mol. The molecule has 2 rings (SSSR count). The molecule has 0 unspecified atom stereocenters. The lowest BCUT2D eigenvalue weighted by atomic mass is 10.3. The van der Waals surface area contributed by atoms with Gasteiger partial charge >= 0.3 is 0 Å². The molecule has 0 aliphatic carbocycles. The third kappa shape index (κ3) is 1.46. The molecule has 13 heavy (non-hydrogen) atoms. The van der Waals surface area contributed by atoms with E-state index in [4.69, 9.17) is 5.11 Å². The molecular weight excluding hydrogens is 170 g/mol. The Bertz CT molecular complexity index is 407. The van der Waals surface area contributed by atoms with Gasteiger partial charge in [0.25, 0.3) is 0 Å². The van der Waals surface area contributed by atoms with E-state index in [2.05, 4.69) is 20.4 Å². The lowest BCUT2D eigenvalue weighted by Gasteiger charge is -1.92. The molecule has 6 heteroatoms. The minimum atomic E-state index is 0.118. The Morgan fingerprint density at radius 2 is 2.23 bits per heavy atom. The van der Waals surface area contributed by atoms with Gasteiger partial charge in [-0.15, -0.1) is 10.2 Å². The van der Waals surface area contributed by atoms with Crippen molar-refractivity contribution < 1.29 is 5.11 Å². The number of aromatic hydroxyl groups is 1. The van der Waals surface area contributed by atoms with E-state index in [0.29, 0.717) is 11.5 Å². The van der Waals surface area contributed by atoms with Gasteiger partial charge in [-0.05, 0) is 17.3 Å². The number of rotatable bonds is 1. The average Bonchev–Trinajstić information content (AvgIpc) is 2.53. The second-order valence-electron chi connectivity index (χ2n) is 2.50. The zero-order valence-electron chi connectivity index (χ0n) is 6.92. The first-order chi connectivity index (χ1) is 6.25. The number of pyridine rings is 1. The molecule has 0 fully saturated rings. The van der Waals surface area contributed by atoms with Crippen molar-refractivity contribution in [1.29, 1.82) is 0 Å². The van der Waals surface area contributed by atoms with Crippen molar-refractivity contribution in [3.8, 4) is 17.3 Å². The standard InChI is InChI=1S/C7H7N5O/c1-12-10-7(9-11-12)6-3-2-5(13)4-8-6/h2-4,13H,1H3. The lowest BCUT2D eigenvalue weighted by Crippen LogP contribution is -1.92. The molecule has 6 nitrogen and oxygen atoms in total. The largest absolute Gasteiger partial charge is 0.506 e. The van der Waals surface area contributed by atoms with E-state index in [1.54, 1.807) is 13.1 Å². The van der Waals surface area contributed by atoms with Crippen molar-refractivity contribution in [2.45, 2.75) is 0 Å². The van der Waals surface area contributed by atoms with Crippen molar-refractivity contribution in [2.75, 3.05) is 0 Å². The van der Waals surface area contributed by atoms with Gasteiger partial charge in [0.15, 0.2) is 0 Å². The fourth-order valence-corrected chi connectivity index (χ4v) is 0.905. The summed E-state index contributed by atoms with van der Waals surface area (Å²) in [7, 11) is 1.68. The van der Waals surface area contributed by atoms with Gasteiger partial charge in [-0.25, -0.2) is 4.98 Å². The third-order valence-corrected chi connectivity index (χ3v) is 1.49. The Balaban J connectivity index is 2.41. The normalized spacial score (nSPS) is 10.2. The van der Waals surface area contributed by atoms with E-state index in [-0.39, 0.29) is 5.75 Å². The highest BCUT2D eigenvalue weighted by molar-refractivity contribution is 5.47. The molecule has 0 bridgehead atoms. The zero-order valence-corrected chi connectivity index (χ0v) is 6.92. The van der Waals surface area contributed by atoms with Crippen LogP contribution in [0.5, 0.6) is 5.75 Å². The Labute approximate surface area is 73.9 Å². The highest BCUT2D eigenvalue weighted by atomic mass is 16.3. The highest BCUT2D eigenvalue weighted by Crippen LogP contribution is 2.13. The summed E-state index contributed by atoms with van der Waals surface area (Å²) >= 11 is 0. The number of hydrogen-bond acceptors (Lipinski definition) is 5. The van der Waals surface area contributed by atoms with Crippen LogP contribution in [0.4, 0.5) is 0 Å². The number of nitrogens with zero attached hydrogens (tertiary/aromatic N) is 5. The third-order valence-electron chi connectivity index (χ3n) is 1.49. The van der Waals surface area contributed by atoms with Gasteiger partial charge < -0.3 is 5.11 Å². The minimum absolute atomic E-state index is 0.118. The number of aromatic nitrogens is 5. The Morgan fingerprint density at radius 3 is 2.77 bits per heavy atom. The number of hydrogen-bond donors (Lipinski definition) is 1. The van der Waals surface area contributed by atoms with Gasteiger partial charge in [-0.1, -0.05) is 0 Å². The predicted molar refractivity (Wildman–Crippen MR) is 43.7 cm³/mol. The van der Waals surface area contributed by atoms with E-state index < -0.39 is 0 Å². The van der Waals surface area contributed by atoms with Gasteiger partial charge in [0.2, 0.25) is 5.82 Å². The molecule has 0 saturated heterocycles. The van der Waals surface area contributed by atoms with E-state index in [1.807, 2.05) is 0 Å². The smallest absolute Gasteiger partial charge is 0.223 e. The first-order valence-electron chi connectivity index (χ1n) is 3.65. The Kier molecular flexibility index (Phi) is 1.66. The first kappa shape index (κ1) is 7.66. The lowest BCUT2D eigenvalue weighted by molar-refractivity contribution is 0.473. The van der Waals surface area contributed by atoms with E-state index in [1.165, 1.54) is 17.1 Å². The SMILES string of the molecule is Cn1nnc(-c2ccc(O)cn2)n1. The molecular formula is C7H7N5O. The molecule has 0 aliphatic heterocycles.